The van der Waals surface area contributed by atoms with Gasteiger partial charge in [0.15, 0.2) is 0 Å². The van der Waals surface area contributed by atoms with Gasteiger partial charge < -0.3 is 4.90 Å². The maximum atomic E-state index is 4.32. The van der Waals surface area contributed by atoms with E-state index in [0.717, 1.165) is 18.8 Å². The van der Waals surface area contributed by atoms with Crippen LogP contribution in [0, 0.1) is 0 Å². The lowest BCUT2D eigenvalue weighted by Gasteiger charge is -2.25. The summed E-state index contributed by atoms with van der Waals surface area (Å²) >= 11 is 0. The fourth-order valence-corrected chi connectivity index (χ4v) is 1.51. The number of anilines is 1. The van der Waals surface area contributed by atoms with Crippen LogP contribution in [0.3, 0.4) is 0 Å². The lowest BCUT2D eigenvalue weighted by atomic mass is 10.2. The van der Waals surface area contributed by atoms with Gasteiger partial charge in [0, 0.05) is 12.8 Å². The molecule has 1 heterocycles. The molecule has 1 aromatic rings. The number of nitrogens with zero attached hydrogens (tertiary/aromatic N) is 2. The van der Waals surface area contributed by atoms with E-state index in [2.05, 4.69) is 22.5 Å². The van der Waals surface area contributed by atoms with Crippen LogP contribution in [0.15, 0.2) is 41.9 Å². The topological polar surface area (TPSA) is 15.6 Å². The number of fused-ring (bicyclic) bond motifs is 1. The van der Waals surface area contributed by atoms with E-state index in [4.69, 9.17) is 0 Å². The Bertz CT molecular complexity index is 342. The second kappa shape index (κ2) is 3.44. The molecule has 2 rings (SSSR count). The molecular weight excluding hydrogens is 160 g/mol. The van der Waals surface area contributed by atoms with E-state index in [0.29, 0.717) is 0 Å². The molecule has 0 amide bonds. The van der Waals surface area contributed by atoms with Crippen molar-refractivity contribution in [1.29, 1.82) is 0 Å². The summed E-state index contributed by atoms with van der Waals surface area (Å²) in [6.45, 7) is 5.50. The number of benzene rings is 1. The first-order chi connectivity index (χ1) is 6.42. The molecule has 0 aromatic heterocycles. The Balaban J connectivity index is 2.37. The Kier molecular flexibility index (Phi) is 2.13. The third kappa shape index (κ3) is 1.47. The summed E-state index contributed by atoms with van der Waals surface area (Å²) in [5.74, 6) is 0. The van der Waals surface area contributed by atoms with Crippen LogP contribution in [0.1, 0.15) is 0 Å². The second-order valence-corrected chi connectivity index (χ2v) is 2.99. The van der Waals surface area contributed by atoms with Crippen molar-refractivity contribution in [3.05, 3.63) is 36.9 Å². The first kappa shape index (κ1) is 8.05. The molecule has 0 fully saturated rings. The molecule has 0 aliphatic carbocycles. The van der Waals surface area contributed by atoms with Crippen LogP contribution < -0.4 is 4.90 Å². The Hall–Kier alpha value is -1.57. The van der Waals surface area contributed by atoms with E-state index in [1.54, 1.807) is 0 Å². The molecule has 0 saturated carbocycles. The average Bonchev–Trinajstić information content (AvgIpc) is 2.19. The van der Waals surface area contributed by atoms with Crippen molar-refractivity contribution in [3.8, 4) is 0 Å². The molecule has 2 heteroatoms. The van der Waals surface area contributed by atoms with Crippen LogP contribution in [0.5, 0.6) is 0 Å². The molecule has 66 valence electrons. The molecule has 1 aliphatic rings. The van der Waals surface area contributed by atoms with Crippen molar-refractivity contribution in [2.24, 2.45) is 4.99 Å². The van der Waals surface area contributed by atoms with Gasteiger partial charge in [0.25, 0.3) is 0 Å². The summed E-state index contributed by atoms with van der Waals surface area (Å²) in [4.78, 5) is 6.57. The third-order valence-corrected chi connectivity index (χ3v) is 2.10. The van der Waals surface area contributed by atoms with Crippen LogP contribution >= 0.6 is 0 Å². The molecule has 0 spiro atoms. The van der Waals surface area contributed by atoms with Crippen molar-refractivity contribution >= 4 is 17.6 Å². The summed E-state index contributed by atoms with van der Waals surface area (Å²) in [6, 6.07) is 8.17. The zero-order chi connectivity index (χ0) is 9.10. The van der Waals surface area contributed by atoms with E-state index < -0.39 is 0 Å². The Labute approximate surface area is 78.2 Å². The van der Waals surface area contributed by atoms with E-state index in [-0.39, 0.29) is 0 Å². The van der Waals surface area contributed by atoms with E-state index in [1.807, 2.05) is 30.5 Å². The molecule has 1 aromatic carbocycles. The lowest BCUT2D eigenvalue weighted by Crippen LogP contribution is -2.27. The molecule has 0 atom stereocenters. The summed E-state index contributed by atoms with van der Waals surface area (Å²) in [5, 5.41) is 0. The van der Waals surface area contributed by atoms with Crippen molar-refractivity contribution in [2.45, 2.75) is 0 Å². The standard InChI is InChI=1S/C11H12N2/c1-2-8-13-9-7-12-10-5-3-4-6-11(10)13/h2-7H,1,8-9H2. The minimum Gasteiger partial charge on any atom is -0.361 e. The van der Waals surface area contributed by atoms with Gasteiger partial charge in [-0.2, -0.15) is 0 Å². The minimum atomic E-state index is 0.878. The Morgan fingerprint density at radius 3 is 3.15 bits per heavy atom. The van der Waals surface area contributed by atoms with Crippen molar-refractivity contribution in [1.82, 2.24) is 0 Å². The quantitative estimate of drug-likeness (QED) is 0.625. The molecule has 0 radical (unpaired) electrons. The Morgan fingerprint density at radius 2 is 2.31 bits per heavy atom. The van der Waals surface area contributed by atoms with E-state index >= 15 is 0 Å². The van der Waals surface area contributed by atoms with Gasteiger partial charge in [-0.15, -0.1) is 6.58 Å². The highest BCUT2D eigenvalue weighted by atomic mass is 15.2. The number of aliphatic imine (C=N–C) groups is 1. The first-order valence-electron chi connectivity index (χ1n) is 4.39. The predicted molar refractivity (Wildman–Crippen MR) is 57.0 cm³/mol. The molecule has 2 nitrogen and oxygen atoms in total. The van der Waals surface area contributed by atoms with Gasteiger partial charge in [-0.25, -0.2) is 0 Å². The molecule has 1 aliphatic heterocycles. The summed E-state index contributed by atoms with van der Waals surface area (Å²) < 4.78 is 0. The van der Waals surface area contributed by atoms with Crippen molar-refractivity contribution in [3.63, 3.8) is 0 Å². The predicted octanol–water partition coefficient (Wildman–Crippen LogP) is 2.39. The summed E-state index contributed by atoms with van der Waals surface area (Å²) in [6.07, 6.45) is 3.85. The van der Waals surface area contributed by atoms with Crippen LogP contribution in [0.4, 0.5) is 11.4 Å². The summed E-state index contributed by atoms with van der Waals surface area (Å²) in [7, 11) is 0. The molecule has 13 heavy (non-hydrogen) atoms. The molecular formula is C11H12N2. The van der Waals surface area contributed by atoms with Crippen LogP contribution in [-0.4, -0.2) is 19.3 Å². The van der Waals surface area contributed by atoms with Crippen LogP contribution in [-0.2, 0) is 0 Å². The number of para-hydroxylation sites is 2. The number of rotatable bonds is 2. The number of hydrogen-bond acceptors (Lipinski definition) is 2. The highest BCUT2D eigenvalue weighted by Gasteiger charge is 2.10. The van der Waals surface area contributed by atoms with E-state index in [9.17, 15) is 0 Å². The molecule has 0 saturated heterocycles. The average molecular weight is 172 g/mol. The SMILES string of the molecule is C=CCN1CC=Nc2ccccc21. The monoisotopic (exact) mass is 172 g/mol. The van der Waals surface area contributed by atoms with Gasteiger partial charge in [-0.3, -0.25) is 4.99 Å². The van der Waals surface area contributed by atoms with Gasteiger partial charge in [-0.1, -0.05) is 18.2 Å². The zero-order valence-corrected chi connectivity index (χ0v) is 7.48. The normalized spacial score (nSPS) is 14.0. The fourth-order valence-electron chi connectivity index (χ4n) is 1.51. The van der Waals surface area contributed by atoms with Crippen molar-refractivity contribution in [2.75, 3.05) is 18.0 Å². The largest absolute Gasteiger partial charge is 0.361 e. The smallest absolute Gasteiger partial charge is 0.0860 e. The zero-order valence-electron chi connectivity index (χ0n) is 7.48. The van der Waals surface area contributed by atoms with Gasteiger partial charge in [0.05, 0.1) is 17.9 Å². The maximum absolute atomic E-state index is 4.32. The van der Waals surface area contributed by atoms with Gasteiger partial charge in [0.2, 0.25) is 0 Å². The highest BCUT2D eigenvalue weighted by Crippen LogP contribution is 2.29. The minimum absolute atomic E-state index is 0.878. The van der Waals surface area contributed by atoms with Crippen molar-refractivity contribution < 1.29 is 0 Å². The molecule has 0 unspecified atom stereocenters. The van der Waals surface area contributed by atoms with Crippen LogP contribution in [0.2, 0.25) is 0 Å². The maximum Gasteiger partial charge on any atom is 0.0860 e. The van der Waals surface area contributed by atoms with Crippen LogP contribution in [0.25, 0.3) is 0 Å². The van der Waals surface area contributed by atoms with Gasteiger partial charge >= 0.3 is 0 Å². The lowest BCUT2D eigenvalue weighted by molar-refractivity contribution is 0.973. The summed E-state index contributed by atoms with van der Waals surface area (Å²) in [5.41, 5.74) is 2.25. The first-order valence-corrected chi connectivity index (χ1v) is 4.39. The highest BCUT2D eigenvalue weighted by molar-refractivity contribution is 5.81. The number of hydrogen-bond donors (Lipinski definition) is 0. The van der Waals surface area contributed by atoms with Gasteiger partial charge in [0.1, 0.15) is 0 Å². The van der Waals surface area contributed by atoms with E-state index in [1.165, 1.54) is 5.69 Å². The molecule has 0 bridgehead atoms. The third-order valence-electron chi connectivity index (χ3n) is 2.10. The van der Waals surface area contributed by atoms with Gasteiger partial charge in [-0.05, 0) is 12.1 Å². The second-order valence-electron chi connectivity index (χ2n) is 2.99. The fraction of sp³-hybridized carbons (Fsp3) is 0.182. The Morgan fingerprint density at radius 1 is 1.46 bits per heavy atom. The molecule has 0 N–H and O–H groups in total.